The van der Waals surface area contributed by atoms with Crippen LogP contribution in [0.1, 0.15) is 15.9 Å². The lowest BCUT2D eigenvalue weighted by Gasteiger charge is -2.23. The molecule has 112 valence electrons. The lowest BCUT2D eigenvalue weighted by atomic mass is 9.87. The van der Waals surface area contributed by atoms with Gasteiger partial charge in [-0.15, -0.1) is 0 Å². The van der Waals surface area contributed by atoms with Crippen molar-refractivity contribution in [2.75, 3.05) is 0 Å². The van der Waals surface area contributed by atoms with Crippen LogP contribution in [0.3, 0.4) is 0 Å². The standard InChI is InChI=1S/C10F7NO3/c11-3-1-2(4(12)6(14)5(3)13)10(17,18(20)21)9(16)7(15)8(1)19/t10-/m1/s1. The highest BCUT2D eigenvalue weighted by molar-refractivity contribution is 6.10. The molecule has 0 N–H and O–H groups in total. The van der Waals surface area contributed by atoms with E-state index in [1.165, 1.54) is 0 Å². The molecule has 0 saturated heterocycles. The minimum atomic E-state index is -4.90. The number of carbonyl (C=O) groups excluding carboxylic acids is 1. The zero-order valence-electron chi connectivity index (χ0n) is 9.32. The summed E-state index contributed by atoms with van der Waals surface area (Å²) in [5.41, 5.74) is -4.49. The van der Waals surface area contributed by atoms with Crippen LogP contribution in [-0.2, 0) is 5.79 Å². The predicted octanol–water partition coefficient (Wildman–Crippen LogP) is 2.99. The van der Waals surface area contributed by atoms with Crippen LogP contribution in [-0.4, -0.2) is 10.7 Å². The van der Waals surface area contributed by atoms with Crippen LogP contribution in [0.15, 0.2) is 11.7 Å². The fourth-order valence-electron chi connectivity index (χ4n) is 1.79. The van der Waals surface area contributed by atoms with Gasteiger partial charge in [0, 0.05) is 0 Å². The molecule has 0 aliphatic heterocycles. The largest absolute Gasteiger partial charge is 0.443 e. The molecule has 11 heteroatoms. The van der Waals surface area contributed by atoms with Gasteiger partial charge in [-0.3, -0.25) is 14.9 Å². The van der Waals surface area contributed by atoms with Gasteiger partial charge >= 0.3 is 5.79 Å². The van der Waals surface area contributed by atoms with Gasteiger partial charge in [-0.1, -0.05) is 0 Å². The monoisotopic (exact) mass is 315 g/mol. The number of allylic oxidation sites excluding steroid dienone is 1. The van der Waals surface area contributed by atoms with Gasteiger partial charge in [0.05, 0.1) is 10.5 Å². The van der Waals surface area contributed by atoms with Gasteiger partial charge in [-0.05, 0) is 0 Å². The molecule has 1 aromatic carbocycles. The van der Waals surface area contributed by atoms with E-state index in [4.69, 9.17) is 0 Å². The minimum Gasteiger partial charge on any atom is -0.286 e. The van der Waals surface area contributed by atoms with Crippen molar-refractivity contribution in [3.05, 3.63) is 56.2 Å². The van der Waals surface area contributed by atoms with Gasteiger partial charge in [0.2, 0.25) is 11.6 Å². The quantitative estimate of drug-likeness (QED) is 0.200. The maximum Gasteiger partial charge on any atom is 0.443 e. The van der Waals surface area contributed by atoms with E-state index in [1.807, 2.05) is 0 Å². The van der Waals surface area contributed by atoms with Crippen molar-refractivity contribution >= 4 is 5.78 Å². The first-order valence-corrected chi connectivity index (χ1v) is 4.87. The number of carbonyl (C=O) groups is 1. The van der Waals surface area contributed by atoms with E-state index in [1.54, 1.807) is 0 Å². The zero-order valence-corrected chi connectivity index (χ0v) is 9.32. The number of hydrogen-bond donors (Lipinski definition) is 0. The molecule has 0 fully saturated rings. The number of hydrogen-bond acceptors (Lipinski definition) is 3. The summed E-state index contributed by atoms with van der Waals surface area (Å²) in [6.45, 7) is 0. The van der Waals surface area contributed by atoms with Gasteiger partial charge in [-0.2, -0.15) is 13.2 Å². The molecule has 1 aromatic rings. The molecule has 1 aliphatic rings. The van der Waals surface area contributed by atoms with Crippen LogP contribution in [0.25, 0.3) is 0 Å². The summed E-state index contributed by atoms with van der Waals surface area (Å²) in [5.74, 6) is -23.6. The highest BCUT2D eigenvalue weighted by atomic mass is 19.2. The summed E-state index contributed by atoms with van der Waals surface area (Å²) < 4.78 is 93.3. The summed E-state index contributed by atoms with van der Waals surface area (Å²) in [5, 5.41) is 10.5. The summed E-state index contributed by atoms with van der Waals surface area (Å²) in [7, 11) is 0. The molecule has 1 aliphatic carbocycles. The summed E-state index contributed by atoms with van der Waals surface area (Å²) in [4.78, 5) is 19.5. The van der Waals surface area contributed by atoms with Gasteiger partial charge in [0.1, 0.15) is 5.56 Å². The lowest BCUT2D eigenvalue weighted by molar-refractivity contribution is -0.607. The molecule has 1 atom stereocenters. The first-order chi connectivity index (χ1) is 9.56. The fraction of sp³-hybridized carbons (Fsp3) is 0.100. The number of Topliss-reactive ketones (excluding diaryl/α,β-unsaturated/α-hetero) is 1. The predicted molar refractivity (Wildman–Crippen MR) is 49.6 cm³/mol. The van der Waals surface area contributed by atoms with Crippen molar-refractivity contribution < 1.29 is 40.5 Å². The molecular weight excluding hydrogens is 315 g/mol. The highest BCUT2D eigenvalue weighted by Gasteiger charge is 2.62. The Labute approximate surface area is 109 Å². The number of alkyl halides is 1. The first-order valence-electron chi connectivity index (χ1n) is 4.87. The normalized spacial score (nSPS) is 21.6. The van der Waals surface area contributed by atoms with Gasteiger partial charge in [0.25, 0.3) is 5.83 Å². The Balaban J connectivity index is 3.08. The van der Waals surface area contributed by atoms with Crippen LogP contribution < -0.4 is 0 Å². The second kappa shape index (κ2) is 4.27. The molecule has 2 rings (SSSR count). The van der Waals surface area contributed by atoms with Crippen LogP contribution in [0, 0.1) is 33.4 Å². The van der Waals surface area contributed by atoms with E-state index in [9.17, 15) is 45.6 Å². The smallest absolute Gasteiger partial charge is 0.286 e. The number of rotatable bonds is 1. The summed E-state index contributed by atoms with van der Waals surface area (Å²) in [6, 6.07) is 0. The third kappa shape index (κ3) is 1.59. The summed E-state index contributed by atoms with van der Waals surface area (Å²) >= 11 is 0. The van der Waals surface area contributed by atoms with E-state index in [0.29, 0.717) is 0 Å². The number of halogens is 7. The Morgan fingerprint density at radius 2 is 1.38 bits per heavy atom. The van der Waals surface area contributed by atoms with E-state index < -0.39 is 62.5 Å². The number of ketones is 1. The molecule has 0 bridgehead atoms. The average molecular weight is 315 g/mol. The lowest BCUT2D eigenvalue weighted by Crippen LogP contribution is -2.39. The number of benzene rings is 1. The number of fused-ring (bicyclic) bond motifs is 1. The fourth-order valence-corrected chi connectivity index (χ4v) is 1.79. The molecule has 0 spiro atoms. The molecular formula is C10F7NO3. The van der Waals surface area contributed by atoms with Crippen molar-refractivity contribution in [3.8, 4) is 0 Å². The van der Waals surface area contributed by atoms with E-state index in [2.05, 4.69) is 0 Å². The maximum atomic E-state index is 14.0. The maximum absolute atomic E-state index is 14.0. The average Bonchev–Trinajstić information content (AvgIpc) is 2.43. The Morgan fingerprint density at radius 3 is 1.86 bits per heavy atom. The number of nitro groups is 1. The van der Waals surface area contributed by atoms with Crippen molar-refractivity contribution in [2.45, 2.75) is 5.79 Å². The molecule has 0 amide bonds. The SMILES string of the molecule is O=C1C(F)=C(F)[C@](F)([N+](=O)[O-])c2c(F)c(F)c(F)c(F)c21. The van der Waals surface area contributed by atoms with Crippen molar-refractivity contribution in [1.82, 2.24) is 0 Å². The van der Waals surface area contributed by atoms with Crippen LogP contribution in [0.2, 0.25) is 0 Å². The minimum absolute atomic E-state index is 2.12. The Morgan fingerprint density at radius 1 is 0.905 bits per heavy atom. The Kier molecular flexibility index (Phi) is 3.03. The second-order valence-corrected chi connectivity index (χ2v) is 3.84. The Hall–Kier alpha value is -2.46. The van der Waals surface area contributed by atoms with Crippen LogP contribution in [0.4, 0.5) is 30.7 Å². The van der Waals surface area contributed by atoms with E-state index in [0.717, 1.165) is 0 Å². The van der Waals surface area contributed by atoms with Gasteiger partial charge < -0.3 is 0 Å². The highest BCUT2D eigenvalue weighted by Crippen LogP contribution is 2.46. The Bertz CT molecular complexity index is 745. The molecule has 0 aromatic heterocycles. The number of nitrogens with zero attached hydrogens (tertiary/aromatic N) is 1. The van der Waals surface area contributed by atoms with Crippen molar-refractivity contribution in [3.63, 3.8) is 0 Å². The summed E-state index contributed by atoms with van der Waals surface area (Å²) in [6.07, 6.45) is 0. The van der Waals surface area contributed by atoms with Crippen LogP contribution in [0.5, 0.6) is 0 Å². The zero-order chi connectivity index (χ0) is 16.3. The molecule has 0 heterocycles. The van der Waals surface area contributed by atoms with E-state index >= 15 is 0 Å². The topological polar surface area (TPSA) is 60.2 Å². The van der Waals surface area contributed by atoms with E-state index in [-0.39, 0.29) is 0 Å². The molecule has 0 radical (unpaired) electrons. The van der Waals surface area contributed by atoms with Crippen molar-refractivity contribution in [1.29, 1.82) is 0 Å². The molecule has 0 unspecified atom stereocenters. The third-order valence-corrected chi connectivity index (χ3v) is 2.76. The molecule has 4 nitrogen and oxygen atoms in total. The molecule has 21 heavy (non-hydrogen) atoms. The van der Waals surface area contributed by atoms with Crippen LogP contribution >= 0.6 is 0 Å². The van der Waals surface area contributed by atoms with Gasteiger partial charge in [0.15, 0.2) is 23.3 Å². The first kappa shape index (κ1) is 14.9. The van der Waals surface area contributed by atoms with Crippen molar-refractivity contribution in [2.24, 2.45) is 0 Å². The van der Waals surface area contributed by atoms with Gasteiger partial charge in [-0.25, -0.2) is 17.6 Å². The third-order valence-electron chi connectivity index (χ3n) is 2.76. The molecule has 0 saturated carbocycles. The second-order valence-electron chi connectivity index (χ2n) is 3.84.